The van der Waals surface area contributed by atoms with Crippen molar-refractivity contribution in [2.24, 2.45) is 0 Å². The Morgan fingerprint density at radius 3 is 2.68 bits per heavy atom. The molecule has 0 saturated carbocycles. The second-order valence-corrected chi connectivity index (χ2v) is 7.31. The van der Waals surface area contributed by atoms with Crippen LogP contribution in [0.4, 0.5) is 0 Å². The van der Waals surface area contributed by atoms with E-state index in [0.717, 1.165) is 11.3 Å². The summed E-state index contributed by atoms with van der Waals surface area (Å²) in [5.74, 6) is -0.355. The largest absolute Gasteiger partial charge is 0.379 e. The number of morpholine rings is 1. The van der Waals surface area contributed by atoms with Crippen LogP contribution in [0.3, 0.4) is 0 Å². The fourth-order valence-corrected chi connectivity index (χ4v) is 4.70. The summed E-state index contributed by atoms with van der Waals surface area (Å²) >= 11 is 1.14. The number of ether oxygens (including phenoxy) is 1. The van der Waals surface area contributed by atoms with E-state index < -0.39 is 10.0 Å². The van der Waals surface area contributed by atoms with Gasteiger partial charge in [0, 0.05) is 26.2 Å². The molecule has 10 heteroatoms. The average Bonchev–Trinajstić information content (AvgIpc) is 2.98. The molecule has 2 N–H and O–H groups in total. The van der Waals surface area contributed by atoms with Crippen molar-refractivity contribution in [1.82, 2.24) is 14.9 Å². The first-order valence-corrected chi connectivity index (χ1v) is 8.97. The first-order valence-electron chi connectivity index (χ1n) is 6.65. The van der Waals surface area contributed by atoms with Crippen LogP contribution in [0, 0.1) is 0 Å². The van der Waals surface area contributed by atoms with Crippen molar-refractivity contribution in [3.05, 3.63) is 16.3 Å². The molecule has 1 aliphatic rings. The predicted molar refractivity (Wildman–Crippen MR) is 87.4 cm³/mol. The van der Waals surface area contributed by atoms with Crippen LogP contribution in [0.5, 0.6) is 0 Å². The van der Waals surface area contributed by atoms with Crippen molar-refractivity contribution in [2.75, 3.05) is 46.4 Å². The number of hydrogen-bond acceptors (Lipinski definition) is 6. The summed E-state index contributed by atoms with van der Waals surface area (Å²) in [6, 6.07) is 1.49. The number of rotatable bonds is 6. The molecule has 1 aliphatic heterocycles. The number of likely N-dealkylation sites (N-methyl/N-ethyl adjacent to an activating group) is 1. The zero-order chi connectivity index (χ0) is 15.3. The van der Waals surface area contributed by atoms with Crippen LogP contribution in [-0.2, 0) is 14.8 Å². The van der Waals surface area contributed by atoms with Gasteiger partial charge in [-0.2, -0.15) is 4.31 Å². The van der Waals surface area contributed by atoms with E-state index in [-0.39, 0.29) is 28.1 Å². The quantitative estimate of drug-likeness (QED) is 0.696. The number of amides is 1. The summed E-state index contributed by atoms with van der Waals surface area (Å²) in [5, 5.41) is 7.24. The maximum atomic E-state index is 12.6. The van der Waals surface area contributed by atoms with Crippen LogP contribution in [-0.4, -0.2) is 65.1 Å². The highest BCUT2D eigenvalue weighted by Crippen LogP contribution is 2.25. The minimum absolute atomic E-state index is 0. The van der Waals surface area contributed by atoms with Gasteiger partial charge in [0.15, 0.2) is 0 Å². The van der Waals surface area contributed by atoms with Crippen LogP contribution in [0.15, 0.2) is 16.3 Å². The molecular formula is C12H20ClN3O4S2. The van der Waals surface area contributed by atoms with Crippen molar-refractivity contribution in [2.45, 2.75) is 4.90 Å². The summed E-state index contributed by atoms with van der Waals surface area (Å²) in [7, 11) is -1.85. The average molecular weight is 370 g/mol. The van der Waals surface area contributed by atoms with E-state index in [4.69, 9.17) is 4.74 Å². The highest BCUT2D eigenvalue weighted by atomic mass is 35.5. The molecular weight excluding hydrogens is 350 g/mol. The zero-order valence-electron chi connectivity index (χ0n) is 12.2. The smallest absolute Gasteiger partial charge is 0.262 e. The van der Waals surface area contributed by atoms with Gasteiger partial charge in [0.25, 0.3) is 5.91 Å². The zero-order valence-corrected chi connectivity index (χ0v) is 14.7. The number of carbonyl (C=O) groups excluding carboxylic acids is 1. The third kappa shape index (κ3) is 4.40. The van der Waals surface area contributed by atoms with Crippen molar-refractivity contribution in [1.29, 1.82) is 0 Å². The van der Waals surface area contributed by atoms with Gasteiger partial charge in [-0.15, -0.1) is 23.7 Å². The number of hydrogen-bond donors (Lipinski definition) is 2. The third-order valence-corrected chi connectivity index (χ3v) is 6.07. The second-order valence-electron chi connectivity index (χ2n) is 4.49. The lowest BCUT2D eigenvalue weighted by molar-refractivity contribution is 0.0730. The molecule has 1 aromatic rings. The van der Waals surface area contributed by atoms with Gasteiger partial charge in [-0.3, -0.25) is 4.79 Å². The Bertz CT molecular complexity index is 585. The molecule has 1 fully saturated rings. The molecule has 1 amide bonds. The molecule has 0 unspecified atom stereocenters. The summed E-state index contributed by atoms with van der Waals surface area (Å²) in [4.78, 5) is 12.4. The van der Waals surface area contributed by atoms with Crippen molar-refractivity contribution >= 4 is 39.7 Å². The number of thiophene rings is 1. The minimum Gasteiger partial charge on any atom is -0.379 e. The second kappa shape index (κ2) is 8.80. The van der Waals surface area contributed by atoms with Crippen LogP contribution in [0.25, 0.3) is 0 Å². The summed E-state index contributed by atoms with van der Waals surface area (Å²) in [6.45, 7) is 2.48. The van der Waals surface area contributed by atoms with Gasteiger partial charge in [-0.05, 0) is 18.5 Å². The van der Waals surface area contributed by atoms with Gasteiger partial charge in [-0.25, -0.2) is 8.42 Å². The Kier molecular flexibility index (Phi) is 7.74. The van der Waals surface area contributed by atoms with E-state index in [1.807, 2.05) is 0 Å². The van der Waals surface area contributed by atoms with Crippen LogP contribution in [0.2, 0.25) is 0 Å². The van der Waals surface area contributed by atoms with Gasteiger partial charge in [-0.1, -0.05) is 0 Å². The molecule has 0 bridgehead atoms. The van der Waals surface area contributed by atoms with Gasteiger partial charge >= 0.3 is 0 Å². The van der Waals surface area contributed by atoms with Crippen molar-refractivity contribution in [3.63, 3.8) is 0 Å². The molecule has 2 rings (SSSR count). The van der Waals surface area contributed by atoms with Gasteiger partial charge in [0.2, 0.25) is 10.0 Å². The molecule has 7 nitrogen and oxygen atoms in total. The molecule has 0 aromatic carbocycles. The van der Waals surface area contributed by atoms with Crippen LogP contribution >= 0.6 is 23.7 Å². The van der Waals surface area contributed by atoms with E-state index in [0.29, 0.717) is 39.4 Å². The molecule has 0 atom stereocenters. The topological polar surface area (TPSA) is 87.7 Å². The van der Waals surface area contributed by atoms with Crippen molar-refractivity contribution < 1.29 is 17.9 Å². The summed E-state index contributed by atoms with van der Waals surface area (Å²) in [5.41, 5.74) is 0. The monoisotopic (exact) mass is 369 g/mol. The first-order chi connectivity index (χ1) is 10.1. The Morgan fingerprint density at radius 1 is 1.36 bits per heavy atom. The predicted octanol–water partition coefficient (Wildman–Crippen LogP) is 0.140. The number of nitrogens with zero attached hydrogens (tertiary/aromatic N) is 1. The fraction of sp³-hybridized carbons (Fsp3) is 0.583. The lowest BCUT2D eigenvalue weighted by Crippen LogP contribution is -2.41. The molecule has 126 valence electrons. The number of nitrogens with one attached hydrogen (secondary N) is 2. The Balaban J connectivity index is 0.00000242. The van der Waals surface area contributed by atoms with Gasteiger partial charge in [0.1, 0.15) is 9.77 Å². The minimum atomic E-state index is -3.64. The first kappa shape index (κ1) is 19.3. The molecule has 1 aromatic heterocycles. The molecule has 1 saturated heterocycles. The summed E-state index contributed by atoms with van der Waals surface area (Å²) < 4.78 is 31.7. The third-order valence-electron chi connectivity index (χ3n) is 3.08. The lowest BCUT2D eigenvalue weighted by atomic mass is 10.4. The molecule has 0 spiro atoms. The SMILES string of the molecule is CNCCNC(=O)c1sccc1S(=O)(=O)N1CCOCC1.Cl. The molecule has 2 heterocycles. The number of carbonyl (C=O) groups is 1. The maximum absolute atomic E-state index is 12.6. The summed E-state index contributed by atoms with van der Waals surface area (Å²) in [6.07, 6.45) is 0. The highest BCUT2D eigenvalue weighted by Gasteiger charge is 2.31. The number of halogens is 1. The normalized spacial score (nSPS) is 16.0. The van der Waals surface area contributed by atoms with Gasteiger partial charge < -0.3 is 15.4 Å². The van der Waals surface area contributed by atoms with E-state index >= 15 is 0 Å². The van der Waals surface area contributed by atoms with Gasteiger partial charge in [0.05, 0.1) is 13.2 Å². The standard InChI is InChI=1S/C12H19N3O4S2.ClH/c1-13-3-4-14-12(16)11-10(2-9-20-11)21(17,18)15-5-7-19-8-6-15;/h2,9,13H,3-8H2,1H3,(H,14,16);1H. The number of sulfonamides is 1. The van der Waals surface area contributed by atoms with Crippen LogP contribution in [0.1, 0.15) is 9.67 Å². The fourth-order valence-electron chi connectivity index (χ4n) is 1.97. The van der Waals surface area contributed by atoms with E-state index in [1.165, 1.54) is 10.4 Å². The Labute approximate surface area is 140 Å². The van der Waals surface area contributed by atoms with E-state index in [2.05, 4.69) is 10.6 Å². The molecule has 0 aliphatic carbocycles. The van der Waals surface area contributed by atoms with Crippen LogP contribution < -0.4 is 10.6 Å². The molecule has 22 heavy (non-hydrogen) atoms. The van der Waals surface area contributed by atoms with E-state index in [9.17, 15) is 13.2 Å². The molecule has 0 radical (unpaired) electrons. The lowest BCUT2D eigenvalue weighted by Gasteiger charge is -2.26. The highest BCUT2D eigenvalue weighted by molar-refractivity contribution is 7.89. The Morgan fingerprint density at radius 2 is 2.05 bits per heavy atom. The van der Waals surface area contributed by atoms with Crippen molar-refractivity contribution in [3.8, 4) is 0 Å². The maximum Gasteiger partial charge on any atom is 0.262 e. The Hall–Kier alpha value is -0.710. The van der Waals surface area contributed by atoms with E-state index in [1.54, 1.807) is 12.4 Å².